The molecule has 0 amide bonds. The highest BCUT2D eigenvalue weighted by molar-refractivity contribution is 8.10. The van der Waals surface area contributed by atoms with E-state index < -0.39 is 53.1 Å². The molecule has 0 spiro atoms. The summed E-state index contributed by atoms with van der Waals surface area (Å²) in [6.45, 7) is -5.68. The molecule has 2 aromatic rings. The number of benzene rings is 2. The number of anilines is 2. The Bertz CT molecular complexity index is 1620. The van der Waals surface area contributed by atoms with Crippen molar-refractivity contribution in [2.75, 3.05) is 59.1 Å². The molecule has 0 aromatic heterocycles. The quantitative estimate of drug-likeness (QED) is 0.320. The maximum absolute atomic E-state index is 11.9. The van der Waals surface area contributed by atoms with E-state index in [1.54, 1.807) is 0 Å². The van der Waals surface area contributed by atoms with Gasteiger partial charge in [0.05, 0.1) is 39.1 Å². The van der Waals surface area contributed by atoms with Crippen LogP contribution in [0.3, 0.4) is 0 Å². The van der Waals surface area contributed by atoms with E-state index in [1.165, 1.54) is 31.3 Å². The fourth-order valence-corrected chi connectivity index (χ4v) is 9.14. The molecule has 0 fully saturated rings. The normalized spacial score (nSPS) is 15.3. The summed E-state index contributed by atoms with van der Waals surface area (Å²) in [6.07, 6.45) is 3.09. The predicted octanol–water partition coefficient (Wildman–Crippen LogP) is 0.691. The molecule has 0 unspecified atom stereocenters. The van der Waals surface area contributed by atoms with Crippen molar-refractivity contribution in [3.63, 3.8) is 0 Å². The van der Waals surface area contributed by atoms with Crippen LogP contribution in [0.2, 0.25) is 0 Å². The summed E-state index contributed by atoms with van der Waals surface area (Å²) in [5, 5.41) is 0. The number of sulfonamides is 4. The Morgan fingerprint density at radius 2 is 1.05 bits per heavy atom. The highest BCUT2D eigenvalue weighted by Gasteiger charge is 2.28. The van der Waals surface area contributed by atoms with E-state index in [9.17, 15) is 33.7 Å². The summed E-state index contributed by atoms with van der Waals surface area (Å²) in [4.78, 5) is 1.05. The van der Waals surface area contributed by atoms with Crippen molar-refractivity contribution in [3.05, 3.63) is 54.1 Å². The Kier molecular flexibility index (Phi) is 7.78. The van der Waals surface area contributed by atoms with Crippen molar-refractivity contribution in [2.24, 2.45) is 0 Å². The number of ether oxygens (including phenoxy) is 1. The molecule has 37 heavy (non-hydrogen) atoms. The van der Waals surface area contributed by atoms with Crippen molar-refractivity contribution >= 4 is 51.5 Å². The first-order chi connectivity index (χ1) is 18.3. The Hall–Kier alpha value is -2.40. The second-order valence-electron chi connectivity index (χ2n) is 8.09. The van der Waals surface area contributed by atoms with Gasteiger partial charge in [0.2, 0.25) is 40.1 Å². The van der Waals surface area contributed by atoms with Crippen LogP contribution in [0.25, 0.3) is 0 Å². The third-order valence-electron chi connectivity index (χ3n) is 4.54. The van der Waals surface area contributed by atoms with Crippen molar-refractivity contribution < 1.29 is 43.9 Å². The van der Waals surface area contributed by atoms with Crippen molar-refractivity contribution in [1.29, 1.82) is 0 Å². The molecule has 2 rings (SSSR count). The fourth-order valence-electron chi connectivity index (χ4n) is 3.19. The number of rotatable bonds is 13. The van der Waals surface area contributed by atoms with Gasteiger partial charge in [-0.2, -0.15) is 7.42 Å². The van der Waals surface area contributed by atoms with Crippen LogP contribution in [0, 0.1) is 0 Å². The number of nitrogens with zero attached hydrogens (tertiary/aromatic N) is 3. The van der Waals surface area contributed by atoms with Gasteiger partial charge in [0, 0.05) is 15.8 Å². The molecule has 0 saturated heterocycles. The minimum atomic E-state index is -4.20. The van der Waals surface area contributed by atoms with Gasteiger partial charge < -0.3 is 9.64 Å². The molecular formula is C21H31N3O9S4. The first-order valence-electron chi connectivity index (χ1n) is 12.3. The van der Waals surface area contributed by atoms with E-state index in [2.05, 4.69) is 0 Å². The fraction of sp³-hybridized carbons (Fsp3) is 0.429. The van der Waals surface area contributed by atoms with Gasteiger partial charge in [0.25, 0.3) is 0 Å². The van der Waals surface area contributed by atoms with Crippen LogP contribution in [0.15, 0.2) is 48.5 Å². The molecule has 0 radical (unpaired) electrons. The van der Waals surface area contributed by atoms with E-state index in [-0.39, 0.29) is 37.5 Å². The maximum atomic E-state index is 11.9. The highest BCUT2D eigenvalue weighted by Crippen LogP contribution is 2.24. The molecule has 0 aliphatic carbocycles. The van der Waals surface area contributed by atoms with Gasteiger partial charge in [-0.3, -0.25) is 0 Å². The summed E-state index contributed by atoms with van der Waals surface area (Å²) >= 11 is 0. The van der Waals surface area contributed by atoms with Gasteiger partial charge in [-0.15, -0.1) is 0 Å². The summed E-state index contributed by atoms with van der Waals surface area (Å²) < 4.78 is 134. The van der Waals surface area contributed by atoms with Crippen LogP contribution in [0.1, 0.15) is 11.0 Å². The van der Waals surface area contributed by atoms with E-state index in [1.807, 2.05) is 0 Å². The smallest absolute Gasteiger partial charge is 0.245 e. The molecule has 0 aliphatic heterocycles. The van der Waals surface area contributed by atoms with Crippen LogP contribution in [-0.2, 0) is 46.5 Å². The molecule has 0 saturated carbocycles. The lowest BCUT2D eigenvalue weighted by atomic mass is 10.1. The van der Waals surface area contributed by atoms with Gasteiger partial charge in [-0.05, 0) is 55.4 Å². The topological polar surface area (TPSA) is 156 Å². The van der Waals surface area contributed by atoms with Gasteiger partial charge in [0.15, 0.2) is 0 Å². The minimum Gasteiger partial charge on any atom is -0.492 e. The first-order valence-corrected chi connectivity index (χ1v) is 17.7. The molecule has 208 valence electrons. The van der Waals surface area contributed by atoms with Gasteiger partial charge >= 0.3 is 0 Å². The molecule has 0 atom stereocenters. The minimum absolute atomic E-state index is 0.0340. The molecule has 2 aromatic carbocycles. The van der Waals surface area contributed by atoms with Gasteiger partial charge in [0.1, 0.15) is 12.3 Å². The lowest BCUT2D eigenvalue weighted by Gasteiger charge is -2.21. The van der Waals surface area contributed by atoms with Crippen molar-refractivity contribution in [2.45, 2.75) is 6.42 Å². The van der Waals surface area contributed by atoms with Crippen LogP contribution >= 0.6 is 0 Å². The molecule has 0 N–H and O–H groups in total. The van der Waals surface area contributed by atoms with Gasteiger partial charge in [-0.25, -0.2) is 33.7 Å². The predicted molar refractivity (Wildman–Crippen MR) is 144 cm³/mol. The summed E-state index contributed by atoms with van der Waals surface area (Å²) in [5.41, 5.74) is 0.233. The van der Waals surface area contributed by atoms with E-state index in [0.717, 1.165) is 41.7 Å². The second kappa shape index (κ2) is 11.6. The zero-order valence-electron chi connectivity index (χ0n) is 24.7. The van der Waals surface area contributed by atoms with E-state index >= 15 is 0 Å². The highest BCUT2D eigenvalue weighted by atomic mass is 32.3. The average molecular weight is 602 g/mol. The zero-order valence-corrected chi connectivity index (χ0v) is 23.9. The molecule has 0 bridgehead atoms. The lowest BCUT2D eigenvalue weighted by molar-refractivity contribution is 0.239. The largest absolute Gasteiger partial charge is 0.492 e. The average Bonchev–Trinajstić information content (AvgIpc) is 2.75. The van der Waals surface area contributed by atoms with Crippen LogP contribution < -0.4 is 12.2 Å². The van der Waals surface area contributed by atoms with Gasteiger partial charge in [-0.1, -0.05) is 12.1 Å². The monoisotopic (exact) mass is 601 g/mol. The lowest BCUT2D eigenvalue weighted by Crippen LogP contribution is -2.35. The SMILES string of the molecule is [2H]C([2H])(Oc1ccc(N(S(C)(=O)=O)S(C)(=O)=O)cc1)C([2H])([2H])N(C)CCc1ccc(N(S(C)(=O)=O)S(C)(=O)=O)cc1. The van der Waals surface area contributed by atoms with Crippen molar-refractivity contribution in [1.82, 2.24) is 4.90 Å². The van der Waals surface area contributed by atoms with Crippen LogP contribution in [0.5, 0.6) is 5.75 Å². The summed E-state index contributed by atoms with van der Waals surface area (Å²) in [5.74, 6) is -0.199. The van der Waals surface area contributed by atoms with Crippen LogP contribution in [0.4, 0.5) is 11.4 Å². The first kappa shape index (κ1) is 24.9. The molecule has 12 nitrogen and oxygen atoms in total. The Labute approximate surface area is 225 Å². The van der Waals surface area contributed by atoms with Crippen LogP contribution in [-0.4, -0.2) is 90.2 Å². The second-order valence-corrected chi connectivity index (χ2v) is 15.9. The number of hydrogen-bond acceptors (Lipinski definition) is 10. The standard InChI is InChI=1S/C21H31N3O9S4/c1-22(15-14-18-6-8-19(9-7-18)23(34(2,25)26)35(3,27)28)16-17-33-21-12-10-20(11-13-21)24(36(4,29)30)37(5,31)32/h6-13H,14-17H2,1-5H3/i16D2,17D2. The third kappa shape index (κ3) is 9.14. The maximum Gasteiger partial charge on any atom is 0.245 e. The third-order valence-corrected chi connectivity index (χ3v) is 11.0. The van der Waals surface area contributed by atoms with E-state index in [4.69, 9.17) is 10.2 Å². The zero-order chi connectivity index (χ0) is 31.8. The van der Waals surface area contributed by atoms with Crippen molar-refractivity contribution in [3.8, 4) is 5.75 Å². The molecule has 0 heterocycles. The summed E-state index contributed by atoms with van der Waals surface area (Å²) in [7, 11) is -15.3. The van der Waals surface area contributed by atoms with E-state index in [0.29, 0.717) is 18.1 Å². The molecule has 16 heteroatoms. The Balaban J connectivity index is 2.17. The molecule has 0 aliphatic rings. The Morgan fingerprint density at radius 1 is 0.676 bits per heavy atom. The Morgan fingerprint density at radius 3 is 1.43 bits per heavy atom. The molecular weight excluding hydrogens is 567 g/mol. The summed E-state index contributed by atoms with van der Waals surface area (Å²) in [6, 6.07) is 9.85. The number of hydrogen-bond donors (Lipinski definition) is 0. The number of likely N-dealkylation sites (N-methyl/N-ethyl adjacent to an activating group) is 1.